The third kappa shape index (κ3) is 2.28. The molecule has 1 aliphatic heterocycles. The zero-order valence-corrected chi connectivity index (χ0v) is 11.1. The van der Waals surface area contributed by atoms with Crippen LogP contribution in [0.1, 0.15) is 25.6 Å². The minimum absolute atomic E-state index is 0.612. The number of nitrogen functional groups attached to an aromatic ring is 1. The number of aromatic nitrogens is 3. The van der Waals surface area contributed by atoms with Gasteiger partial charge in [-0.1, -0.05) is 0 Å². The van der Waals surface area contributed by atoms with E-state index in [0.29, 0.717) is 12.3 Å². The number of hydrogen-bond donors (Lipinski definition) is 1. The van der Waals surface area contributed by atoms with Gasteiger partial charge < -0.3 is 10.5 Å². The summed E-state index contributed by atoms with van der Waals surface area (Å²) in [7, 11) is 0. The van der Waals surface area contributed by atoms with Crippen LogP contribution in [-0.2, 0) is 13.0 Å². The molecule has 2 heterocycles. The molecule has 0 atom stereocenters. The maximum absolute atomic E-state index is 5.98. The van der Waals surface area contributed by atoms with E-state index in [1.165, 1.54) is 12.8 Å². The molecule has 1 aliphatic rings. The maximum atomic E-state index is 5.98. The Morgan fingerprint density at radius 2 is 2.26 bits per heavy atom. The van der Waals surface area contributed by atoms with Gasteiger partial charge in [-0.15, -0.1) is 0 Å². The van der Waals surface area contributed by atoms with Gasteiger partial charge in [-0.05, 0) is 38.0 Å². The Balaban J connectivity index is 1.93. The van der Waals surface area contributed by atoms with E-state index in [2.05, 4.69) is 10.1 Å². The normalized spacial score (nSPS) is 14.2. The number of fused-ring (bicyclic) bond motifs is 1. The second-order valence-corrected chi connectivity index (χ2v) is 4.72. The Morgan fingerprint density at radius 3 is 3.00 bits per heavy atom. The van der Waals surface area contributed by atoms with Crippen LogP contribution < -0.4 is 10.5 Å². The number of rotatable bonds is 3. The molecular weight excluding hydrogens is 240 g/mol. The highest BCUT2D eigenvalue weighted by Gasteiger charge is 2.15. The number of nitrogens with zero attached hydrogens (tertiary/aromatic N) is 3. The average molecular weight is 258 g/mol. The summed E-state index contributed by atoms with van der Waals surface area (Å²) < 4.78 is 7.44. The van der Waals surface area contributed by atoms with Crippen molar-refractivity contribution in [2.24, 2.45) is 0 Å². The molecule has 0 amide bonds. The largest absolute Gasteiger partial charge is 0.492 e. The minimum atomic E-state index is 0.612. The van der Waals surface area contributed by atoms with Gasteiger partial charge in [-0.2, -0.15) is 5.10 Å². The molecule has 1 aromatic heterocycles. The standard InChI is InChI=1S/C14H18N4O/c1-2-19-12-7-6-10(9-11(12)15)14-16-13-5-3-4-8-18(13)17-14/h6-7,9H,2-5,8,15H2,1H3. The second kappa shape index (κ2) is 4.91. The average Bonchev–Trinajstić information content (AvgIpc) is 2.85. The summed E-state index contributed by atoms with van der Waals surface area (Å²) in [4.78, 5) is 4.59. The van der Waals surface area contributed by atoms with Crippen molar-refractivity contribution in [3.05, 3.63) is 24.0 Å². The number of nitrogens with two attached hydrogens (primary N) is 1. The molecule has 0 fully saturated rings. The molecular formula is C14H18N4O. The van der Waals surface area contributed by atoms with Crippen molar-refractivity contribution in [1.82, 2.24) is 14.8 Å². The summed E-state index contributed by atoms with van der Waals surface area (Å²) in [6.07, 6.45) is 3.39. The number of hydrogen-bond acceptors (Lipinski definition) is 4. The smallest absolute Gasteiger partial charge is 0.181 e. The first-order valence-corrected chi connectivity index (χ1v) is 6.74. The molecule has 0 spiro atoms. The molecule has 5 heteroatoms. The summed E-state index contributed by atoms with van der Waals surface area (Å²) in [6, 6.07) is 5.73. The van der Waals surface area contributed by atoms with Gasteiger partial charge in [0.05, 0.1) is 12.3 Å². The lowest BCUT2D eigenvalue weighted by molar-refractivity contribution is 0.342. The van der Waals surface area contributed by atoms with Crippen LogP contribution in [0.5, 0.6) is 5.75 Å². The molecule has 0 unspecified atom stereocenters. The topological polar surface area (TPSA) is 66.0 Å². The predicted molar refractivity (Wildman–Crippen MR) is 74.0 cm³/mol. The van der Waals surface area contributed by atoms with E-state index in [9.17, 15) is 0 Å². The van der Waals surface area contributed by atoms with Crippen LogP contribution in [0, 0.1) is 0 Å². The Morgan fingerprint density at radius 1 is 1.37 bits per heavy atom. The molecule has 3 rings (SSSR count). The highest BCUT2D eigenvalue weighted by molar-refractivity contribution is 5.66. The third-order valence-electron chi connectivity index (χ3n) is 3.34. The van der Waals surface area contributed by atoms with E-state index in [1.54, 1.807) is 0 Å². The highest BCUT2D eigenvalue weighted by atomic mass is 16.5. The fourth-order valence-electron chi connectivity index (χ4n) is 2.38. The fraction of sp³-hybridized carbons (Fsp3) is 0.429. The Labute approximate surface area is 112 Å². The third-order valence-corrected chi connectivity index (χ3v) is 3.34. The van der Waals surface area contributed by atoms with Gasteiger partial charge in [0.25, 0.3) is 0 Å². The van der Waals surface area contributed by atoms with Gasteiger partial charge in [-0.3, -0.25) is 0 Å². The van der Waals surface area contributed by atoms with Crippen molar-refractivity contribution in [2.75, 3.05) is 12.3 Å². The van der Waals surface area contributed by atoms with Crippen LogP contribution in [0.4, 0.5) is 5.69 Å². The van der Waals surface area contributed by atoms with E-state index in [1.807, 2.05) is 29.8 Å². The zero-order chi connectivity index (χ0) is 13.2. The monoisotopic (exact) mass is 258 g/mol. The van der Waals surface area contributed by atoms with Gasteiger partial charge in [-0.25, -0.2) is 9.67 Å². The molecule has 1 aromatic carbocycles. The van der Waals surface area contributed by atoms with Gasteiger partial charge >= 0.3 is 0 Å². The number of aryl methyl sites for hydroxylation is 2. The van der Waals surface area contributed by atoms with Crippen LogP contribution in [0.2, 0.25) is 0 Å². The van der Waals surface area contributed by atoms with E-state index in [4.69, 9.17) is 10.5 Å². The lowest BCUT2D eigenvalue weighted by atomic mass is 10.1. The molecule has 19 heavy (non-hydrogen) atoms. The quantitative estimate of drug-likeness (QED) is 0.858. The van der Waals surface area contributed by atoms with Crippen LogP contribution in [0.25, 0.3) is 11.4 Å². The van der Waals surface area contributed by atoms with Crippen molar-refractivity contribution in [1.29, 1.82) is 0 Å². The summed E-state index contributed by atoms with van der Waals surface area (Å²) in [5.41, 5.74) is 7.56. The number of anilines is 1. The molecule has 5 nitrogen and oxygen atoms in total. The summed E-state index contributed by atoms with van der Waals surface area (Å²) in [6.45, 7) is 3.52. The van der Waals surface area contributed by atoms with Gasteiger partial charge in [0, 0.05) is 18.5 Å². The first-order chi connectivity index (χ1) is 9.28. The Kier molecular flexibility index (Phi) is 3.11. The van der Waals surface area contributed by atoms with Gasteiger partial charge in [0.1, 0.15) is 11.6 Å². The van der Waals surface area contributed by atoms with E-state index in [-0.39, 0.29) is 0 Å². The Hall–Kier alpha value is -2.04. The van der Waals surface area contributed by atoms with Gasteiger partial charge in [0.2, 0.25) is 0 Å². The van der Waals surface area contributed by atoms with Crippen LogP contribution >= 0.6 is 0 Å². The molecule has 0 aliphatic carbocycles. The molecule has 2 aromatic rings. The Bertz CT molecular complexity index is 568. The van der Waals surface area contributed by atoms with Gasteiger partial charge in [0.15, 0.2) is 5.82 Å². The number of ether oxygens (including phenoxy) is 1. The van der Waals surface area contributed by atoms with Crippen molar-refractivity contribution in [3.63, 3.8) is 0 Å². The second-order valence-electron chi connectivity index (χ2n) is 4.72. The lowest BCUT2D eigenvalue weighted by Crippen LogP contribution is -2.11. The molecule has 100 valence electrons. The molecule has 0 radical (unpaired) electrons. The number of benzene rings is 1. The summed E-state index contributed by atoms with van der Waals surface area (Å²) in [5.74, 6) is 2.55. The summed E-state index contributed by atoms with van der Waals surface area (Å²) in [5, 5.41) is 4.55. The molecule has 0 saturated carbocycles. The van der Waals surface area contributed by atoms with Crippen molar-refractivity contribution in [3.8, 4) is 17.1 Å². The van der Waals surface area contributed by atoms with Crippen LogP contribution in [-0.4, -0.2) is 21.4 Å². The fourth-order valence-corrected chi connectivity index (χ4v) is 2.38. The van der Waals surface area contributed by atoms with E-state index < -0.39 is 0 Å². The first-order valence-electron chi connectivity index (χ1n) is 6.74. The predicted octanol–water partition coefficient (Wildman–Crippen LogP) is 2.26. The van der Waals surface area contributed by atoms with Crippen LogP contribution in [0.15, 0.2) is 18.2 Å². The molecule has 0 saturated heterocycles. The molecule has 0 bridgehead atoms. The highest BCUT2D eigenvalue weighted by Crippen LogP contribution is 2.27. The van der Waals surface area contributed by atoms with Crippen molar-refractivity contribution < 1.29 is 4.74 Å². The van der Waals surface area contributed by atoms with E-state index >= 15 is 0 Å². The van der Waals surface area contributed by atoms with Crippen molar-refractivity contribution >= 4 is 5.69 Å². The maximum Gasteiger partial charge on any atom is 0.181 e. The van der Waals surface area contributed by atoms with Crippen molar-refractivity contribution in [2.45, 2.75) is 32.7 Å². The zero-order valence-electron chi connectivity index (χ0n) is 11.1. The molecule has 2 N–H and O–H groups in total. The lowest BCUT2D eigenvalue weighted by Gasteiger charge is -2.09. The minimum Gasteiger partial charge on any atom is -0.492 e. The van der Waals surface area contributed by atoms with Crippen LogP contribution in [0.3, 0.4) is 0 Å². The SMILES string of the molecule is CCOc1ccc(-c2nc3n(n2)CCCC3)cc1N. The first kappa shape index (κ1) is 12.0. The van der Waals surface area contributed by atoms with E-state index in [0.717, 1.165) is 35.9 Å². The summed E-state index contributed by atoms with van der Waals surface area (Å²) >= 11 is 0.